The molecule has 1 saturated heterocycles. The number of pyridine rings is 1. The molecular weight excluding hydrogens is 499 g/mol. The van der Waals surface area contributed by atoms with Gasteiger partial charge in [-0.15, -0.1) is 11.8 Å². The third-order valence-electron chi connectivity index (χ3n) is 7.23. The molecule has 0 spiro atoms. The number of aliphatic hydroxyl groups excluding tert-OH is 1. The molecular formula is C28H34Cl2N2O2S. The Hall–Kier alpha value is -1.50. The van der Waals surface area contributed by atoms with Crippen molar-refractivity contribution in [3.05, 3.63) is 64.3 Å². The van der Waals surface area contributed by atoms with Crippen molar-refractivity contribution < 1.29 is 9.84 Å². The van der Waals surface area contributed by atoms with Gasteiger partial charge in [0.2, 0.25) is 0 Å². The average Bonchev–Trinajstić information content (AvgIpc) is 2.89. The number of hydrogen-bond donors (Lipinski definition) is 1. The van der Waals surface area contributed by atoms with Crippen LogP contribution in [0.2, 0.25) is 10.0 Å². The van der Waals surface area contributed by atoms with Gasteiger partial charge in [0.05, 0.1) is 22.7 Å². The molecule has 1 aliphatic heterocycles. The lowest BCUT2D eigenvalue weighted by Crippen LogP contribution is -2.42. The van der Waals surface area contributed by atoms with Gasteiger partial charge in [0.25, 0.3) is 0 Å². The average molecular weight is 534 g/mol. The Bertz CT molecular complexity index is 1120. The molecule has 188 valence electrons. The summed E-state index contributed by atoms with van der Waals surface area (Å²) in [5.74, 6) is 1.88. The van der Waals surface area contributed by atoms with Crippen molar-refractivity contribution in [2.24, 2.45) is 5.41 Å². The fourth-order valence-corrected chi connectivity index (χ4v) is 6.41. The van der Waals surface area contributed by atoms with E-state index in [2.05, 4.69) is 16.0 Å². The van der Waals surface area contributed by atoms with Crippen molar-refractivity contribution in [1.29, 1.82) is 0 Å². The number of halogens is 2. The van der Waals surface area contributed by atoms with Crippen LogP contribution in [0.25, 0.3) is 10.9 Å². The van der Waals surface area contributed by atoms with Crippen molar-refractivity contribution >= 4 is 45.9 Å². The number of ether oxygens (including phenoxy) is 1. The largest absolute Gasteiger partial charge is 0.497 e. The summed E-state index contributed by atoms with van der Waals surface area (Å²) in [4.78, 5) is 8.17. The molecule has 2 heterocycles. The Kier molecular flexibility index (Phi) is 9.60. The maximum absolute atomic E-state index is 10.3. The molecule has 35 heavy (non-hydrogen) atoms. The van der Waals surface area contributed by atoms with Crippen LogP contribution in [0.1, 0.15) is 37.7 Å². The molecule has 4 nitrogen and oxygen atoms in total. The summed E-state index contributed by atoms with van der Waals surface area (Å²) < 4.78 is 5.41. The summed E-state index contributed by atoms with van der Waals surface area (Å²) in [6, 6.07) is 14.0. The van der Waals surface area contributed by atoms with E-state index in [-0.39, 0.29) is 12.0 Å². The Morgan fingerprint density at radius 3 is 2.63 bits per heavy atom. The van der Waals surface area contributed by atoms with E-state index in [1.165, 1.54) is 0 Å². The van der Waals surface area contributed by atoms with Crippen LogP contribution in [0.5, 0.6) is 5.75 Å². The maximum Gasteiger partial charge on any atom is 0.119 e. The van der Waals surface area contributed by atoms with E-state index in [1.54, 1.807) is 13.3 Å². The zero-order chi connectivity index (χ0) is 24.7. The van der Waals surface area contributed by atoms with Gasteiger partial charge in [0.15, 0.2) is 0 Å². The first-order valence-corrected chi connectivity index (χ1v) is 14.1. The number of nitrogens with zero attached hydrogens (tertiary/aromatic N) is 2. The lowest BCUT2D eigenvalue weighted by Gasteiger charge is -2.41. The minimum Gasteiger partial charge on any atom is -0.497 e. The Labute approximate surface area is 223 Å². The number of benzene rings is 2. The predicted molar refractivity (Wildman–Crippen MR) is 148 cm³/mol. The summed E-state index contributed by atoms with van der Waals surface area (Å²) in [6.45, 7) is 3.45. The number of hydrogen-bond acceptors (Lipinski definition) is 5. The number of piperidine rings is 1. The highest BCUT2D eigenvalue weighted by Gasteiger charge is 2.33. The van der Waals surface area contributed by atoms with Crippen LogP contribution >= 0.6 is 35.0 Å². The van der Waals surface area contributed by atoms with Crippen LogP contribution in [0.15, 0.2) is 53.6 Å². The predicted octanol–water partition coefficient (Wildman–Crippen LogP) is 7.13. The third kappa shape index (κ3) is 6.84. The first-order chi connectivity index (χ1) is 17.0. The lowest BCUT2D eigenvalue weighted by molar-refractivity contribution is 0.0358. The Balaban J connectivity index is 1.26. The van der Waals surface area contributed by atoms with Gasteiger partial charge in [0.1, 0.15) is 5.75 Å². The fourth-order valence-electron chi connectivity index (χ4n) is 4.99. The second-order valence-electron chi connectivity index (χ2n) is 9.45. The molecule has 0 aliphatic carbocycles. The molecule has 2 aromatic carbocycles. The van der Waals surface area contributed by atoms with Crippen LogP contribution in [0, 0.1) is 5.41 Å². The van der Waals surface area contributed by atoms with E-state index < -0.39 is 0 Å². The van der Waals surface area contributed by atoms with Gasteiger partial charge in [0, 0.05) is 23.1 Å². The zero-order valence-electron chi connectivity index (χ0n) is 20.3. The van der Waals surface area contributed by atoms with Crippen molar-refractivity contribution in [2.45, 2.75) is 43.4 Å². The maximum atomic E-state index is 10.3. The topological polar surface area (TPSA) is 45.6 Å². The van der Waals surface area contributed by atoms with E-state index in [0.29, 0.717) is 5.02 Å². The fraction of sp³-hybridized carbons (Fsp3) is 0.464. The second-order valence-corrected chi connectivity index (χ2v) is 11.4. The van der Waals surface area contributed by atoms with Crippen LogP contribution in [0.4, 0.5) is 0 Å². The summed E-state index contributed by atoms with van der Waals surface area (Å²) in [5.41, 5.74) is 2.07. The molecule has 1 fully saturated rings. The molecule has 0 unspecified atom stereocenters. The third-order valence-corrected chi connectivity index (χ3v) is 9.16. The van der Waals surface area contributed by atoms with E-state index in [9.17, 15) is 5.11 Å². The van der Waals surface area contributed by atoms with Crippen LogP contribution < -0.4 is 4.74 Å². The quantitative estimate of drug-likeness (QED) is 0.210. The SMILES string of the molecule is COc1ccc2ncc(Cl)c(CCCC3(CO)CCN(CCCSc4ccccc4Cl)CC3)c2c1. The molecule has 1 aromatic heterocycles. The highest BCUT2D eigenvalue weighted by Crippen LogP contribution is 2.37. The van der Waals surface area contributed by atoms with Gasteiger partial charge in [-0.3, -0.25) is 4.98 Å². The highest BCUT2D eigenvalue weighted by atomic mass is 35.5. The summed E-state index contributed by atoms with van der Waals surface area (Å²) in [6.07, 6.45) is 7.83. The molecule has 4 rings (SSSR count). The smallest absolute Gasteiger partial charge is 0.119 e. The number of thioether (sulfide) groups is 1. The number of aromatic nitrogens is 1. The normalized spacial score (nSPS) is 16.0. The summed E-state index contributed by atoms with van der Waals surface area (Å²) in [7, 11) is 1.67. The standard InChI is InChI=1S/C28H34Cl2N2O2S/c1-34-21-9-10-26-23(18-21)22(25(30)19-31-26)6-4-11-28(20-33)12-15-32(16-13-28)14-5-17-35-27-8-3-2-7-24(27)29/h2-3,7-10,18-19,33H,4-6,11-17,20H2,1H3. The summed E-state index contributed by atoms with van der Waals surface area (Å²) in [5, 5.41) is 12.9. The number of likely N-dealkylation sites (tertiary alicyclic amines) is 1. The monoisotopic (exact) mass is 532 g/mol. The van der Waals surface area contributed by atoms with Crippen LogP contribution in [0.3, 0.4) is 0 Å². The van der Waals surface area contributed by atoms with E-state index in [1.807, 2.05) is 48.2 Å². The van der Waals surface area contributed by atoms with E-state index in [0.717, 1.165) is 96.0 Å². The van der Waals surface area contributed by atoms with Crippen molar-refractivity contribution in [3.8, 4) is 5.75 Å². The first kappa shape index (κ1) is 26.6. The first-order valence-electron chi connectivity index (χ1n) is 12.4. The van der Waals surface area contributed by atoms with Gasteiger partial charge < -0.3 is 14.7 Å². The minimum atomic E-state index is 0.00974. The number of aryl methyl sites for hydroxylation is 1. The Morgan fingerprint density at radius 2 is 1.89 bits per heavy atom. The van der Waals surface area contributed by atoms with E-state index >= 15 is 0 Å². The number of methoxy groups -OCH3 is 1. The van der Waals surface area contributed by atoms with Crippen LogP contribution in [-0.2, 0) is 6.42 Å². The summed E-state index contributed by atoms with van der Waals surface area (Å²) >= 11 is 14.6. The minimum absolute atomic E-state index is 0.00974. The molecule has 1 N–H and O–H groups in total. The van der Waals surface area contributed by atoms with Gasteiger partial charge >= 0.3 is 0 Å². The molecule has 0 bridgehead atoms. The zero-order valence-corrected chi connectivity index (χ0v) is 22.6. The van der Waals surface area contributed by atoms with Gasteiger partial charge in [-0.2, -0.15) is 0 Å². The van der Waals surface area contributed by atoms with Crippen molar-refractivity contribution in [1.82, 2.24) is 9.88 Å². The molecule has 3 aromatic rings. The second kappa shape index (κ2) is 12.6. The van der Waals surface area contributed by atoms with Crippen molar-refractivity contribution in [2.75, 3.05) is 39.1 Å². The molecule has 0 amide bonds. The molecule has 0 saturated carbocycles. The van der Waals surface area contributed by atoms with Gasteiger partial charge in [-0.1, -0.05) is 35.3 Å². The molecule has 0 atom stereocenters. The van der Waals surface area contributed by atoms with Crippen LogP contribution in [-0.4, -0.2) is 54.1 Å². The van der Waals surface area contributed by atoms with Crippen molar-refractivity contribution in [3.63, 3.8) is 0 Å². The Morgan fingerprint density at radius 1 is 1.09 bits per heavy atom. The van der Waals surface area contributed by atoms with Gasteiger partial charge in [-0.25, -0.2) is 0 Å². The highest BCUT2D eigenvalue weighted by molar-refractivity contribution is 7.99. The number of rotatable bonds is 11. The molecule has 1 aliphatic rings. The number of aliphatic hydroxyl groups is 1. The lowest BCUT2D eigenvalue weighted by atomic mass is 9.75. The van der Waals surface area contributed by atoms with Gasteiger partial charge in [-0.05, 0) is 105 Å². The molecule has 0 radical (unpaired) electrons. The number of fused-ring (bicyclic) bond motifs is 1. The van der Waals surface area contributed by atoms with E-state index in [4.69, 9.17) is 27.9 Å². The molecule has 7 heteroatoms.